The second-order valence-electron chi connectivity index (χ2n) is 3.50. The minimum absolute atomic E-state index is 0.0211. The first-order valence-corrected chi connectivity index (χ1v) is 5.13. The molecule has 17 heavy (non-hydrogen) atoms. The van der Waals surface area contributed by atoms with E-state index in [4.69, 9.17) is 15.9 Å². The summed E-state index contributed by atoms with van der Waals surface area (Å²) in [5, 5.41) is 7.33. The van der Waals surface area contributed by atoms with Gasteiger partial charge in [0.2, 0.25) is 0 Å². The van der Waals surface area contributed by atoms with Crippen LogP contribution in [0.2, 0.25) is 0 Å². The third-order valence-corrected chi connectivity index (χ3v) is 2.23. The van der Waals surface area contributed by atoms with Crippen LogP contribution in [0.25, 0.3) is 0 Å². The largest absolute Gasteiger partial charge is 0.488 e. The van der Waals surface area contributed by atoms with Gasteiger partial charge in [0.1, 0.15) is 18.2 Å². The fourth-order valence-electron chi connectivity index (χ4n) is 1.34. The Labute approximate surface area is 99.6 Å². The normalized spacial score (nSPS) is 9.88. The average Bonchev–Trinajstić information content (AvgIpc) is 2.38. The maximum Gasteiger partial charge on any atom is 0.128 e. The molecule has 1 radical (unpaired) electrons. The highest BCUT2D eigenvalue weighted by atomic mass is 16.5. The van der Waals surface area contributed by atoms with Crippen molar-refractivity contribution in [2.45, 2.75) is 6.61 Å². The van der Waals surface area contributed by atoms with E-state index in [2.05, 4.69) is 11.1 Å². The van der Waals surface area contributed by atoms with Gasteiger partial charge in [0, 0.05) is 24.0 Å². The third kappa shape index (κ3) is 3.04. The number of aromatic nitrogens is 1. The van der Waals surface area contributed by atoms with Gasteiger partial charge in [-0.3, -0.25) is 10.4 Å². The summed E-state index contributed by atoms with van der Waals surface area (Å²) in [6, 6.07) is 11.8. The molecule has 3 N–H and O–H groups in total. The highest BCUT2D eigenvalue weighted by Crippen LogP contribution is 2.13. The fraction of sp³-hybridized carbons (Fsp3) is 0.0769. The maximum atomic E-state index is 7.33. The zero-order chi connectivity index (χ0) is 12.1. The molecule has 85 valence electrons. The first-order chi connectivity index (χ1) is 8.25. The Kier molecular flexibility index (Phi) is 3.35. The number of nitrogens with two attached hydrogens (primary N) is 1. The molecule has 0 aliphatic carbocycles. The van der Waals surface area contributed by atoms with Gasteiger partial charge in [0.25, 0.3) is 0 Å². The number of hydrogen-bond donors (Lipinski definition) is 2. The van der Waals surface area contributed by atoms with Gasteiger partial charge in [0.15, 0.2) is 0 Å². The molecule has 0 amide bonds. The summed E-state index contributed by atoms with van der Waals surface area (Å²) in [4.78, 5) is 3.93. The van der Waals surface area contributed by atoms with Crippen molar-refractivity contribution in [1.29, 1.82) is 5.41 Å². The predicted octanol–water partition coefficient (Wildman–Crippen LogP) is 1.74. The molecular weight excluding hydrogens is 214 g/mol. The number of pyridine rings is 1. The van der Waals surface area contributed by atoms with E-state index < -0.39 is 0 Å². The fourth-order valence-corrected chi connectivity index (χ4v) is 1.34. The molecule has 0 aliphatic heterocycles. The quantitative estimate of drug-likeness (QED) is 0.616. The molecule has 0 saturated carbocycles. The summed E-state index contributed by atoms with van der Waals surface area (Å²) >= 11 is 0. The van der Waals surface area contributed by atoms with Gasteiger partial charge >= 0.3 is 0 Å². The molecule has 0 fully saturated rings. The molecule has 0 aliphatic rings. The van der Waals surface area contributed by atoms with Crippen molar-refractivity contribution in [2.75, 3.05) is 0 Å². The van der Waals surface area contributed by atoms with Gasteiger partial charge in [-0.05, 0) is 29.8 Å². The van der Waals surface area contributed by atoms with E-state index in [0.29, 0.717) is 17.9 Å². The van der Waals surface area contributed by atoms with Crippen molar-refractivity contribution >= 4 is 5.84 Å². The third-order valence-electron chi connectivity index (χ3n) is 2.23. The van der Waals surface area contributed by atoms with Crippen molar-refractivity contribution in [2.24, 2.45) is 5.73 Å². The van der Waals surface area contributed by atoms with Crippen LogP contribution < -0.4 is 10.5 Å². The van der Waals surface area contributed by atoms with E-state index in [0.717, 1.165) is 5.56 Å². The number of benzene rings is 1. The number of ether oxygens (including phenoxy) is 1. The Balaban J connectivity index is 2.04. The number of hydrogen-bond acceptors (Lipinski definition) is 3. The first kappa shape index (κ1) is 11.1. The molecular formula is C13H12N3O. The molecule has 1 aromatic carbocycles. The monoisotopic (exact) mass is 226 g/mol. The molecule has 4 heteroatoms. The van der Waals surface area contributed by atoms with Crippen LogP contribution in [0.4, 0.5) is 0 Å². The standard InChI is InChI=1S/C13H12N3O/c14-13(15)11-2-1-3-12(8-11)17-9-10-4-6-16-7-5-10/h1-2,4-8H,9H2,(H3,14,15). The molecule has 0 unspecified atom stereocenters. The van der Waals surface area contributed by atoms with Crippen LogP contribution in [0, 0.1) is 11.5 Å². The smallest absolute Gasteiger partial charge is 0.128 e. The van der Waals surface area contributed by atoms with Crippen molar-refractivity contribution in [1.82, 2.24) is 4.98 Å². The van der Waals surface area contributed by atoms with Crippen LogP contribution in [-0.2, 0) is 6.61 Å². The maximum absolute atomic E-state index is 7.33. The number of amidine groups is 1. The zero-order valence-corrected chi connectivity index (χ0v) is 9.18. The molecule has 2 aromatic rings. The van der Waals surface area contributed by atoms with E-state index in [1.54, 1.807) is 30.6 Å². The Morgan fingerprint density at radius 3 is 2.82 bits per heavy atom. The van der Waals surface area contributed by atoms with Gasteiger partial charge in [0.05, 0.1) is 0 Å². The average molecular weight is 226 g/mol. The topological polar surface area (TPSA) is 72.0 Å². The summed E-state index contributed by atoms with van der Waals surface area (Å²) < 4.78 is 5.55. The molecule has 0 bridgehead atoms. The van der Waals surface area contributed by atoms with E-state index in [-0.39, 0.29) is 5.84 Å². The second-order valence-corrected chi connectivity index (χ2v) is 3.50. The van der Waals surface area contributed by atoms with Crippen molar-refractivity contribution in [3.8, 4) is 5.75 Å². The zero-order valence-electron chi connectivity index (χ0n) is 9.18. The van der Waals surface area contributed by atoms with Gasteiger partial charge in [-0.25, -0.2) is 0 Å². The molecule has 2 rings (SSSR count). The van der Waals surface area contributed by atoms with Crippen LogP contribution in [0.3, 0.4) is 0 Å². The van der Waals surface area contributed by atoms with Crippen LogP contribution in [0.5, 0.6) is 5.75 Å². The summed E-state index contributed by atoms with van der Waals surface area (Å²) in [5.74, 6) is 0.599. The minimum Gasteiger partial charge on any atom is -0.488 e. The van der Waals surface area contributed by atoms with Gasteiger partial charge in [-0.15, -0.1) is 0 Å². The number of rotatable bonds is 4. The summed E-state index contributed by atoms with van der Waals surface area (Å²) in [6.07, 6.45) is 3.43. The molecule has 0 atom stereocenters. The van der Waals surface area contributed by atoms with Crippen LogP contribution in [0.15, 0.2) is 42.7 Å². The van der Waals surface area contributed by atoms with Gasteiger partial charge in [-0.1, -0.05) is 6.07 Å². The lowest BCUT2D eigenvalue weighted by Gasteiger charge is -2.06. The van der Waals surface area contributed by atoms with Gasteiger partial charge < -0.3 is 10.5 Å². The second kappa shape index (κ2) is 5.12. The van der Waals surface area contributed by atoms with Crippen molar-refractivity contribution in [3.05, 3.63) is 59.9 Å². The van der Waals surface area contributed by atoms with Gasteiger partial charge in [-0.2, -0.15) is 0 Å². The van der Waals surface area contributed by atoms with E-state index in [1.165, 1.54) is 0 Å². The summed E-state index contributed by atoms with van der Waals surface area (Å²) in [7, 11) is 0. The van der Waals surface area contributed by atoms with Crippen molar-refractivity contribution < 1.29 is 4.74 Å². The highest BCUT2D eigenvalue weighted by molar-refractivity contribution is 5.95. The van der Waals surface area contributed by atoms with Crippen LogP contribution in [0.1, 0.15) is 11.1 Å². The Morgan fingerprint density at radius 2 is 2.12 bits per heavy atom. The lowest BCUT2D eigenvalue weighted by atomic mass is 10.2. The summed E-state index contributed by atoms with van der Waals surface area (Å²) in [5.41, 5.74) is 7.06. The number of nitrogens with zero attached hydrogens (tertiary/aromatic N) is 1. The van der Waals surface area contributed by atoms with E-state index >= 15 is 0 Å². The van der Waals surface area contributed by atoms with Crippen LogP contribution >= 0.6 is 0 Å². The predicted molar refractivity (Wildman–Crippen MR) is 64.9 cm³/mol. The highest BCUT2D eigenvalue weighted by Gasteiger charge is 2.00. The Bertz CT molecular complexity index is 511. The van der Waals surface area contributed by atoms with E-state index in [1.807, 2.05) is 12.1 Å². The molecule has 4 nitrogen and oxygen atoms in total. The molecule has 1 heterocycles. The Morgan fingerprint density at radius 1 is 1.35 bits per heavy atom. The first-order valence-electron chi connectivity index (χ1n) is 5.13. The SMILES string of the molecule is N=C(N)c1cc[c]c(OCc2ccncc2)c1. The molecule has 0 saturated heterocycles. The molecule has 0 spiro atoms. The summed E-state index contributed by atoms with van der Waals surface area (Å²) in [6.45, 7) is 0.445. The Hall–Kier alpha value is -2.36. The minimum atomic E-state index is 0.0211. The van der Waals surface area contributed by atoms with Crippen LogP contribution in [-0.4, -0.2) is 10.8 Å². The lowest BCUT2D eigenvalue weighted by molar-refractivity contribution is 0.305. The van der Waals surface area contributed by atoms with Crippen molar-refractivity contribution in [3.63, 3.8) is 0 Å². The van der Waals surface area contributed by atoms with E-state index in [9.17, 15) is 0 Å². The number of nitrogen functional groups attached to an aromatic ring is 1. The molecule has 1 aromatic heterocycles. The number of nitrogens with one attached hydrogen (secondary N) is 1. The lowest BCUT2D eigenvalue weighted by Crippen LogP contribution is -2.10.